The minimum Gasteiger partial charge on any atom is -0.492 e. The van der Waals surface area contributed by atoms with Crippen LogP contribution in [0.15, 0.2) is 28.7 Å². The molecule has 2 unspecified atom stereocenters. The van der Waals surface area contributed by atoms with Crippen LogP contribution in [0.3, 0.4) is 0 Å². The first kappa shape index (κ1) is 15.8. The SMILES string of the molecule is CN(C)CC1CC(O)CN1CCOc1cccc(Br)c1. The summed E-state index contributed by atoms with van der Waals surface area (Å²) < 4.78 is 6.80. The van der Waals surface area contributed by atoms with Crippen molar-refractivity contribution < 1.29 is 9.84 Å². The zero-order valence-corrected chi connectivity index (χ0v) is 13.7. The molecule has 5 heteroatoms. The molecular weight excluding hydrogens is 320 g/mol. The van der Waals surface area contributed by atoms with Gasteiger partial charge in [-0.15, -0.1) is 0 Å². The Morgan fingerprint density at radius 3 is 2.95 bits per heavy atom. The molecule has 1 aromatic rings. The van der Waals surface area contributed by atoms with Gasteiger partial charge in [-0.2, -0.15) is 0 Å². The van der Waals surface area contributed by atoms with Crippen LogP contribution >= 0.6 is 15.9 Å². The summed E-state index contributed by atoms with van der Waals surface area (Å²) in [5.74, 6) is 0.878. The second-order valence-electron chi connectivity index (χ2n) is 5.61. The van der Waals surface area contributed by atoms with Crippen molar-refractivity contribution >= 4 is 15.9 Å². The highest BCUT2D eigenvalue weighted by molar-refractivity contribution is 9.10. The number of aliphatic hydroxyl groups is 1. The largest absolute Gasteiger partial charge is 0.492 e. The third-order valence-electron chi connectivity index (χ3n) is 3.53. The molecule has 0 bridgehead atoms. The molecule has 0 amide bonds. The van der Waals surface area contributed by atoms with Crippen molar-refractivity contribution in [1.29, 1.82) is 0 Å². The molecule has 1 fully saturated rings. The average Bonchev–Trinajstić information content (AvgIpc) is 2.69. The summed E-state index contributed by atoms with van der Waals surface area (Å²) in [6.45, 7) is 3.23. The summed E-state index contributed by atoms with van der Waals surface area (Å²) in [7, 11) is 4.14. The van der Waals surface area contributed by atoms with Gasteiger partial charge < -0.3 is 14.7 Å². The van der Waals surface area contributed by atoms with Crippen molar-refractivity contribution in [3.63, 3.8) is 0 Å². The molecule has 1 N–H and O–H groups in total. The van der Waals surface area contributed by atoms with Crippen LogP contribution in [0.2, 0.25) is 0 Å². The highest BCUT2D eigenvalue weighted by Crippen LogP contribution is 2.20. The lowest BCUT2D eigenvalue weighted by molar-refractivity contribution is 0.155. The van der Waals surface area contributed by atoms with E-state index in [1.165, 1.54) is 0 Å². The molecule has 1 aliphatic rings. The van der Waals surface area contributed by atoms with Gasteiger partial charge in [0.15, 0.2) is 0 Å². The van der Waals surface area contributed by atoms with E-state index in [4.69, 9.17) is 4.74 Å². The number of aliphatic hydroxyl groups excluding tert-OH is 1. The van der Waals surface area contributed by atoms with Gasteiger partial charge in [0, 0.05) is 30.1 Å². The topological polar surface area (TPSA) is 35.9 Å². The zero-order chi connectivity index (χ0) is 14.5. The van der Waals surface area contributed by atoms with Crippen LogP contribution < -0.4 is 4.74 Å². The number of likely N-dealkylation sites (N-methyl/N-ethyl adjacent to an activating group) is 1. The third-order valence-corrected chi connectivity index (χ3v) is 4.02. The van der Waals surface area contributed by atoms with Gasteiger partial charge >= 0.3 is 0 Å². The molecule has 0 saturated carbocycles. The summed E-state index contributed by atoms with van der Waals surface area (Å²) in [5.41, 5.74) is 0. The number of hydrogen-bond acceptors (Lipinski definition) is 4. The first-order chi connectivity index (χ1) is 9.54. The molecule has 0 radical (unpaired) electrons. The third kappa shape index (κ3) is 4.74. The fraction of sp³-hybridized carbons (Fsp3) is 0.600. The molecule has 1 saturated heterocycles. The molecule has 1 aromatic carbocycles. The Kier molecular flexibility index (Phi) is 5.84. The number of ether oxygens (including phenoxy) is 1. The summed E-state index contributed by atoms with van der Waals surface area (Å²) >= 11 is 3.44. The molecule has 0 aromatic heterocycles. The quantitative estimate of drug-likeness (QED) is 0.855. The van der Waals surface area contributed by atoms with E-state index >= 15 is 0 Å². The van der Waals surface area contributed by atoms with Gasteiger partial charge in [-0.05, 0) is 38.7 Å². The van der Waals surface area contributed by atoms with E-state index in [1.807, 2.05) is 24.3 Å². The van der Waals surface area contributed by atoms with Gasteiger partial charge in [0.2, 0.25) is 0 Å². The number of nitrogens with zero attached hydrogens (tertiary/aromatic N) is 2. The number of hydrogen-bond donors (Lipinski definition) is 1. The average molecular weight is 343 g/mol. The Morgan fingerprint density at radius 1 is 1.45 bits per heavy atom. The Balaban J connectivity index is 1.80. The van der Waals surface area contributed by atoms with Crippen molar-refractivity contribution in [3.05, 3.63) is 28.7 Å². The van der Waals surface area contributed by atoms with Gasteiger partial charge in [-0.1, -0.05) is 22.0 Å². The highest BCUT2D eigenvalue weighted by atomic mass is 79.9. The Labute approximate surface area is 129 Å². The van der Waals surface area contributed by atoms with E-state index in [-0.39, 0.29) is 6.10 Å². The molecule has 1 heterocycles. The summed E-state index contributed by atoms with van der Waals surface area (Å²) in [4.78, 5) is 4.49. The zero-order valence-electron chi connectivity index (χ0n) is 12.1. The van der Waals surface area contributed by atoms with Crippen molar-refractivity contribution in [2.75, 3.05) is 40.3 Å². The molecule has 0 spiro atoms. The Morgan fingerprint density at radius 2 is 2.25 bits per heavy atom. The predicted octanol–water partition coefficient (Wildman–Crippen LogP) is 1.82. The lowest BCUT2D eigenvalue weighted by atomic mass is 10.2. The van der Waals surface area contributed by atoms with Crippen molar-refractivity contribution in [2.45, 2.75) is 18.6 Å². The minimum atomic E-state index is -0.203. The van der Waals surface area contributed by atoms with Crippen LogP contribution in [-0.2, 0) is 0 Å². The maximum Gasteiger partial charge on any atom is 0.120 e. The number of β-amino-alcohol motifs (C(OH)–C–C–N with tert-alkyl or cyclic N) is 1. The molecule has 112 valence electrons. The van der Waals surface area contributed by atoms with E-state index in [9.17, 15) is 5.11 Å². The predicted molar refractivity (Wildman–Crippen MR) is 84.2 cm³/mol. The highest BCUT2D eigenvalue weighted by Gasteiger charge is 2.30. The molecule has 4 nitrogen and oxygen atoms in total. The van der Waals surface area contributed by atoms with Gasteiger partial charge in [-0.3, -0.25) is 4.90 Å². The monoisotopic (exact) mass is 342 g/mol. The van der Waals surface area contributed by atoms with Crippen molar-refractivity contribution in [1.82, 2.24) is 9.80 Å². The Hall–Kier alpha value is -0.620. The fourth-order valence-electron chi connectivity index (χ4n) is 2.68. The van der Waals surface area contributed by atoms with Gasteiger partial charge in [0.1, 0.15) is 12.4 Å². The lowest BCUT2D eigenvalue weighted by Gasteiger charge is -2.26. The smallest absolute Gasteiger partial charge is 0.120 e. The maximum absolute atomic E-state index is 9.83. The summed E-state index contributed by atoms with van der Waals surface area (Å²) in [6, 6.07) is 8.30. The fourth-order valence-corrected chi connectivity index (χ4v) is 3.06. The molecule has 0 aliphatic carbocycles. The first-order valence-corrected chi connectivity index (χ1v) is 7.79. The summed E-state index contributed by atoms with van der Waals surface area (Å²) in [5, 5.41) is 9.83. The molecular formula is C15H23BrN2O2. The van der Waals surface area contributed by atoms with Crippen molar-refractivity contribution in [2.24, 2.45) is 0 Å². The van der Waals surface area contributed by atoms with Crippen LogP contribution in [0.5, 0.6) is 5.75 Å². The molecule has 2 rings (SSSR count). The van der Waals surface area contributed by atoms with E-state index in [0.717, 1.165) is 36.3 Å². The molecule has 20 heavy (non-hydrogen) atoms. The van der Waals surface area contributed by atoms with Gasteiger partial charge in [0.25, 0.3) is 0 Å². The summed E-state index contributed by atoms with van der Waals surface area (Å²) in [6.07, 6.45) is 0.653. The number of rotatable bonds is 6. The Bertz CT molecular complexity index is 428. The van der Waals surface area contributed by atoms with Gasteiger partial charge in [0.05, 0.1) is 6.10 Å². The number of halogens is 1. The van der Waals surface area contributed by atoms with Crippen molar-refractivity contribution in [3.8, 4) is 5.75 Å². The van der Waals surface area contributed by atoms with Gasteiger partial charge in [-0.25, -0.2) is 0 Å². The minimum absolute atomic E-state index is 0.203. The normalized spacial score (nSPS) is 23.4. The van der Waals surface area contributed by atoms with Crippen LogP contribution in [0.25, 0.3) is 0 Å². The van der Waals surface area contributed by atoms with Crippen LogP contribution in [0.1, 0.15) is 6.42 Å². The second kappa shape index (κ2) is 7.41. The number of benzene rings is 1. The van der Waals surface area contributed by atoms with Crippen LogP contribution in [0.4, 0.5) is 0 Å². The van der Waals surface area contributed by atoms with E-state index in [1.54, 1.807) is 0 Å². The van der Waals surface area contributed by atoms with E-state index in [2.05, 4.69) is 39.8 Å². The maximum atomic E-state index is 9.83. The van der Waals surface area contributed by atoms with E-state index in [0.29, 0.717) is 12.6 Å². The number of likely N-dealkylation sites (tertiary alicyclic amines) is 1. The van der Waals surface area contributed by atoms with E-state index < -0.39 is 0 Å². The second-order valence-corrected chi connectivity index (χ2v) is 6.52. The first-order valence-electron chi connectivity index (χ1n) is 7.00. The lowest BCUT2D eigenvalue weighted by Crippen LogP contribution is -2.39. The molecule has 2 atom stereocenters. The van der Waals surface area contributed by atoms with Crippen LogP contribution in [-0.4, -0.2) is 67.4 Å². The standard InChI is InChI=1S/C15H23BrN2O2/c1-17(2)10-13-9-14(19)11-18(13)6-7-20-15-5-3-4-12(16)8-15/h3-5,8,13-14,19H,6-7,9-11H2,1-2H3. The molecule has 1 aliphatic heterocycles. The van der Waals surface area contributed by atoms with Crippen LogP contribution in [0, 0.1) is 0 Å².